The molecular weight excluding hydrogens is 335 g/mol. The standard InChI is InChI=1S/C17H20F3N3O2/c1-23-16(17(18,19)20)12(10-22-23)9-21-13-4-2-5-14(8-13)25-11-15-6-3-7-24-15/h2,4-5,8,10,15,21H,3,6-7,9,11H2,1H3. The van der Waals surface area contributed by atoms with Crippen LogP contribution in [0.1, 0.15) is 24.1 Å². The molecule has 0 radical (unpaired) electrons. The van der Waals surface area contributed by atoms with E-state index < -0.39 is 11.9 Å². The average Bonchev–Trinajstić information content (AvgIpc) is 3.20. The van der Waals surface area contributed by atoms with E-state index in [9.17, 15) is 13.2 Å². The molecule has 0 amide bonds. The van der Waals surface area contributed by atoms with Gasteiger partial charge in [-0.05, 0) is 25.0 Å². The van der Waals surface area contributed by atoms with Crippen LogP contribution in [0.3, 0.4) is 0 Å². The summed E-state index contributed by atoms with van der Waals surface area (Å²) in [5, 5.41) is 6.70. The molecule has 1 N–H and O–H groups in total. The van der Waals surface area contributed by atoms with Gasteiger partial charge in [0.05, 0.1) is 12.3 Å². The minimum atomic E-state index is -4.44. The number of alkyl halides is 3. The van der Waals surface area contributed by atoms with Crippen LogP contribution in [-0.2, 0) is 24.5 Å². The van der Waals surface area contributed by atoms with Gasteiger partial charge in [-0.15, -0.1) is 0 Å². The summed E-state index contributed by atoms with van der Waals surface area (Å²) in [6.45, 7) is 1.27. The number of ether oxygens (including phenoxy) is 2. The molecule has 2 heterocycles. The third-order valence-corrected chi connectivity index (χ3v) is 4.06. The van der Waals surface area contributed by atoms with Crippen LogP contribution in [0, 0.1) is 0 Å². The molecule has 2 aromatic rings. The van der Waals surface area contributed by atoms with Gasteiger partial charge in [0, 0.05) is 37.5 Å². The number of aryl methyl sites for hydroxylation is 1. The molecule has 1 atom stereocenters. The van der Waals surface area contributed by atoms with Crippen LogP contribution >= 0.6 is 0 Å². The van der Waals surface area contributed by atoms with Crippen LogP contribution in [0.4, 0.5) is 18.9 Å². The third kappa shape index (κ3) is 4.45. The van der Waals surface area contributed by atoms with Crippen molar-refractivity contribution in [3.05, 3.63) is 41.7 Å². The predicted molar refractivity (Wildman–Crippen MR) is 86.4 cm³/mol. The molecule has 3 rings (SSSR count). The van der Waals surface area contributed by atoms with Crippen LogP contribution in [0.5, 0.6) is 5.75 Å². The Morgan fingerprint density at radius 2 is 2.24 bits per heavy atom. The Bertz CT molecular complexity index is 709. The molecule has 136 valence electrons. The van der Waals surface area contributed by atoms with Gasteiger partial charge in [0.1, 0.15) is 18.1 Å². The molecule has 1 saturated heterocycles. The van der Waals surface area contributed by atoms with Crippen molar-refractivity contribution in [1.82, 2.24) is 9.78 Å². The van der Waals surface area contributed by atoms with Gasteiger partial charge in [-0.1, -0.05) is 6.07 Å². The quantitative estimate of drug-likeness (QED) is 0.860. The minimum absolute atomic E-state index is 0.0257. The van der Waals surface area contributed by atoms with Crippen LogP contribution in [0.2, 0.25) is 0 Å². The monoisotopic (exact) mass is 355 g/mol. The summed E-state index contributed by atoms with van der Waals surface area (Å²) >= 11 is 0. The van der Waals surface area contributed by atoms with E-state index in [4.69, 9.17) is 9.47 Å². The SMILES string of the molecule is Cn1ncc(CNc2cccc(OCC3CCCO3)c2)c1C(F)(F)F. The summed E-state index contributed by atoms with van der Waals surface area (Å²) < 4.78 is 51.2. The van der Waals surface area contributed by atoms with Gasteiger partial charge in [0.15, 0.2) is 0 Å². The molecule has 0 spiro atoms. The van der Waals surface area contributed by atoms with Crippen molar-refractivity contribution >= 4 is 5.69 Å². The fraction of sp³-hybridized carbons (Fsp3) is 0.471. The van der Waals surface area contributed by atoms with E-state index in [-0.39, 0.29) is 18.2 Å². The predicted octanol–water partition coefficient (Wildman–Crippen LogP) is 3.61. The zero-order valence-electron chi connectivity index (χ0n) is 13.8. The Morgan fingerprint density at radius 3 is 2.96 bits per heavy atom. The molecule has 5 nitrogen and oxygen atoms in total. The maximum Gasteiger partial charge on any atom is 0.433 e. The summed E-state index contributed by atoms with van der Waals surface area (Å²) in [7, 11) is 1.28. The highest BCUT2D eigenvalue weighted by Crippen LogP contribution is 2.32. The van der Waals surface area contributed by atoms with Crippen LogP contribution < -0.4 is 10.1 Å². The highest BCUT2D eigenvalue weighted by molar-refractivity contribution is 5.48. The van der Waals surface area contributed by atoms with Gasteiger partial charge < -0.3 is 14.8 Å². The van der Waals surface area contributed by atoms with Gasteiger partial charge in [-0.3, -0.25) is 4.68 Å². The van der Waals surface area contributed by atoms with Crippen molar-refractivity contribution in [3.63, 3.8) is 0 Å². The number of anilines is 1. The van der Waals surface area contributed by atoms with E-state index in [2.05, 4.69) is 10.4 Å². The Balaban J connectivity index is 1.61. The lowest BCUT2D eigenvalue weighted by molar-refractivity contribution is -0.144. The maximum atomic E-state index is 13.1. The number of benzene rings is 1. The van der Waals surface area contributed by atoms with Crippen molar-refractivity contribution in [1.29, 1.82) is 0 Å². The minimum Gasteiger partial charge on any atom is -0.491 e. The van der Waals surface area contributed by atoms with E-state index in [1.54, 1.807) is 18.2 Å². The largest absolute Gasteiger partial charge is 0.491 e. The molecular formula is C17H20F3N3O2. The number of nitrogens with one attached hydrogen (secondary N) is 1. The molecule has 0 aliphatic carbocycles. The average molecular weight is 355 g/mol. The summed E-state index contributed by atoms with van der Waals surface area (Å²) in [6.07, 6.45) is -1.06. The van der Waals surface area contributed by atoms with Crippen LogP contribution in [0.15, 0.2) is 30.5 Å². The third-order valence-electron chi connectivity index (χ3n) is 4.06. The Morgan fingerprint density at radius 1 is 1.40 bits per heavy atom. The molecule has 25 heavy (non-hydrogen) atoms. The summed E-state index contributed by atoms with van der Waals surface area (Å²) in [5.41, 5.74) is 0.0354. The summed E-state index contributed by atoms with van der Waals surface area (Å²) in [5.74, 6) is 0.655. The molecule has 1 unspecified atom stereocenters. The maximum absolute atomic E-state index is 13.1. The number of nitrogens with zero attached hydrogens (tertiary/aromatic N) is 2. The second-order valence-corrected chi connectivity index (χ2v) is 5.97. The lowest BCUT2D eigenvalue weighted by atomic mass is 10.2. The summed E-state index contributed by atoms with van der Waals surface area (Å²) in [6, 6.07) is 7.15. The Labute approximate surface area is 143 Å². The van der Waals surface area contributed by atoms with Crippen molar-refractivity contribution in [2.75, 3.05) is 18.5 Å². The highest BCUT2D eigenvalue weighted by Gasteiger charge is 2.37. The lowest BCUT2D eigenvalue weighted by Gasteiger charge is -2.13. The van der Waals surface area contributed by atoms with Crippen molar-refractivity contribution in [2.45, 2.75) is 31.7 Å². The number of hydrogen-bond donors (Lipinski definition) is 1. The highest BCUT2D eigenvalue weighted by atomic mass is 19.4. The van der Waals surface area contributed by atoms with E-state index in [0.717, 1.165) is 24.1 Å². The van der Waals surface area contributed by atoms with Crippen LogP contribution in [0.25, 0.3) is 0 Å². The van der Waals surface area contributed by atoms with E-state index in [0.29, 0.717) is 18.0 Å². The normalized spacial score (nSPS) is 17.7. The number of halogens is 3. The first-order chi connectivity index (χ1) is 11.9. The molecule has 1 aliphatic heterocycles. The van der Waals surface area contributed by atoms with Gasteiger partial charge in [0.25, 0.3) is 0 Å². The van der Waals surface area contributed by atoms with Gasteiger partial charge in [-0.25, -0.2) is 0 Å². The zero-order chi connectivity index (χ0) is 17.9. The van der Waals surface area contributed by atoms with E-state index >= 15 is 0 Å². The van der Waals surface area contributed by atoms with E-state index in [1.807, 2.05) is 6.07 Å². The smallest absolute Gasteiger partial charge is 0.433 e. The summed E-state index contributed by atoms with van der Waals surface area (Å²) in [4.78, 5) is 0. The lowest BCUT2D eigenvalue weighted by Crippen LogP contribution is -2.16. The van der Waals surface area contributed by atoms with Crippen molar-refractivity contribution in [3.8, 4) is 5.75 Å². The molecule has 1 fully saturated rings. The molecule has 1 aromatic carbocycles. The first kappa shape index (κ1) is 17.6. The van der Waals surface area contributed by atoms with Crippen molar-refractivity contribution in [2.24, 2.45) is 7.05 Å². The molecule has 1 aliphatic rings. The molecule has 8 heteroatoms. The fourth-order valence-electron chi connectivity index (χ4n) is 2.84. The molecule has 0 saturated carbocycles. The van der Waals surface area contributed by atoms with Gasteiger partial charge in [0.2, 0.25) is 0 Å². The zero-order valence-corrected chi connectivity index (χ0v) is 13.8. The molecule has 0 bridgehead atoms. The first-order valence-corrected chi connectivity index (χ1v) is 8.10. The van der Waals surface area contributed by atoms with Crippen LogP contribution in [-0.4, -0.2) is 29.1 Å². The Hall–Kier alpha value is -2.22. The van der Waals surface area contributed by atoms with Gasteiger partial charge >= 0.3 is 6.18 Å². The second-order valence-electron chi connectivity index (χ2n) is 5.97. The van der Waals surface area contributed by atoms with Gasteiger partial charge in [-0.2, -0.15) is 18.3 Å². The topological polar surface area (TPSA) is 48.3 Å². The van der Waals surface area contributed by atoms with Crippen molar-refractivity contribution < 1.29 is 22.6 Å². The first-order valence-electron chi connectivity index (χ1n) is 8.10. The molecule has 1 aromatic heterocycles. The number of hydrogen-bond acceptors (Lipinski definition) is 4. The van der Waals surface area contributed by atoms with E-state index in [1.165, 1.54) is 13.2 Å². The second kappa shape index (κ2) is 7.35. The number of rotatable bonds is 6. The number of aromatic nitrogens is 2. The Kier molecular flexibility index (Phi) is 5.17. The fourth-order valence-corrected chi connectivity index (χ4v) is 2.84.